The molecule has 328 valence electrons. The second-order valence-corrected chi connectivity index (χ2v) is 27.2. The standard InChI is InChI=1S/C51H55N5O6Si2/c1-48(2,3)64(39-27-17-9-18-28-39,40-29-19-10-20-30-40)62-51-33-50(51,32-49(4,5)63(60,37-23-13-7-14-24-37)38-25-15-8-16-26-38)47(61-43(51)41(58)31-57)56-35-54-42-44(52-34-53-45(42)56)55-46(59)36-21-11-6-12-22-36/h6-30,34-35,41,43,47,57-58,60H,31-33H2,1-5H3,(H,52,53,55,59)/t41-,43+,47+,50?,51?/m0/s1. The predicted molar refractivity (Wildman–Crippen MR) is 254 cm³/mol. The van der Waals surface area contributed by atoms with Crippen molar-refractivity contribution in [3.63, 3.8) is 0 Å². The van der Waals surface area contributed by atoms with Crippen molar-refractivity contribution < 1.29 is 29.0 Å². The Kier molecular flexibility index (Phi) is 11.2. The van der Waals surface area contributed by atoms with Gasteiger partial charge in [-0.15, -0.1) is 0 Å². The molecule has 2 fully saturated rings. The van der Waals surface area contributed by atoms with Gasteiger partial charge in [0.1, 0.15) is 24.8 Å². The number of ether oxygens (including phenoxy) is 1. The fourth-order valence-corrected chi connectivity index (χ4v) is 19.5. The molecule has 0 radical (unpaired) electrons. The fourth-order valence-electron chi connectivity index (χ4n) is 10.8. The molecule has 1 aliphatic carbocycles. The Labute approximate surface area is 376 Å². The van der Waals surface area contributed by atoms with Gasteiger partial charge in [0, 0.05) is 11.0 Å². The molecule has 9 rings (SSSR count). The third kappa shape index (κ3) is 6.89. The van der Waals surface area contributed by atoms with Crippen molar-refractivity contribution in [3.8, 4) is 0 Å². The van der Waals surface area contributed by atoms with Gasteiger partial charge in [0.25, 0.3) is 22.5 Å². The fraction of sp³-hybridized carbons (Fsp3) is 0.294. The number of hydrogen-bond acceptors (Lipinski definition) is 9. The summed E-state index contributed by atoms with van der Waals surface area (Å²) in [6.07, 6.45) is 0.635. The summed E-state index contributed by atoms with van der Waals surface area (Å²) in [6, 6.07) is 49.5. The Hall–Kier alpha value is -5.65. The maximum absolute atomic E-state index is 13.7. The molecule has 2 aromatic heterocycles. The number of aliphatic hydroxyl groups excluding tert-OH is 2. The van der Waals surface area contributed by atoms with E-state index in [4.69, 9.17) is 19.1 Å². The Bertz CT molecular complexity index is 2660. The highest BCUT2D eigenvalue weighted by Crippen LogP contribution is 2.78. The minimum absolute atomic E-state index is 0.234. The molecular weight excluding hydrogens is 835 g/mol. The smallest absolute Gasteiger partial charge is 0.261 e. The number of hydrogen-bond donors (Lipinski definition) is 4. The summed E-state index contributed by atoms with van der Waals surface area (Å²) in [6.45, 7) is 10.4. The number of carbonyl (C=O) groups excluding carboxylic acids is 1. The number of aromatic nitrogens is 4. The van der Waals surface area contributed by atoms with Crippen molar-refractivity contribution in [2.75, 3.05) is 11.9 Å². The van der Waals surface area contributed by atoms with Gasteiger partial charge < -0.3 is 29.5 Å². The molecule has 7 aromatic rings. The summed E-state index contributed by atoms with van der Waals surface area (Å²) in [7, 11) is -7.06. The van der Waals surface area contributed by atoms with Gasteiger partial charge in [-0.2, -0.15) is 0 Å². The maximum atomic E-state index is 13.7. The first-order valence-corrected chi connectivity index (χ1v) is 25.7. The molecule has 0 bridgehead atoms. The van der Waals surface area contributed by atoms with Crippen molar-refractivity contribution in [2.45, 2.75) is 81.6 Å². The molecule has 5 atom stereocenters. The molecule has 1 saturated heterocycles. The topological polar surface area (TPSA) is 152 Å². The van der Waals surface area contributed by atoms with E-state index in [-0.39, 0.29) is 11.7 Å². The Morgan fingerprint density at radius 2 is 1.28 bits per heavy atom. The number of benzene rings is 5. The molecule has 13 heteroatoms. The summed E-state index contributed by atoms with van der Waals surface area (Å²) < 4.78 is 17.3. The lowest BCUT2D eigenvalue weighted by Gasteiger charge is -2.48. The summed E-state index contributed by atoms with van der Waals surface area (Å²) >= 11 is 0. The summed E-state index contributed by atoms with van der Waals surface area (Å²) in [4.78, 5) is 41.2. The maximum Gasteiger partial charge on any atom is 0.261 e. The monoisotopic (exact) mass is 889 g/mol. The molecule has 4 N–H and O–H groups in total. The number of amides is 1. The first-order chi connectivity index (χ1) is 30.7. The minimum atomic E-state index is -3.67. The van der Waals surface area contributed by atoms with E-state index in [0.29, 0.717) is 29.6 Å². The number of imidazole rings is 1. The molecule has 2 aliphatic rings. The van der Waals surface area contributed by atoms with Crippen LogP contribution in [-0.2, 0) is 9.16 Å². The van der Waals surface area contributed by atoms with E-state index in [1.165, 1.54) is 6.33 Å². The number of carbonyl (C=O) groups is 1. The normalized spacial score (nSPS) is 21.6. The largest absolute Gasteiger partial charge is 0.424 e. The van der Waals surface area contributed by atoms with Gasteiger partial charge in [0.2, 0.25) is 0 Å². The molecule has 5 aromatic carbocycles. The van der Waals surface area contributed by atoms with Crippen LogP contribution in [0.5, 0.6) is 0 Å². The summed E-state index contributed by atoms with van der Waals surface area (Å²) in [5.41, 5.74) is -0.912. The van der Waals surface area contributed by atoms with Gasteiger partial charge in [-0.25, -0.2) is 15.0 Å². The van der Waals surface area contributed by atoms with Gasteiger partial charge in [-0.05, 0) is 55.8 Å². The van der Waals surface area contributed by atoms with Gasteiger partial charge >= 0.3 is 0 Å². The molecule has 11 nitrogen and oxygen atoms in total. The van der Waals surface area contributed by atoms with Crippen LogP contribution in [-0.4, -0.2) is 81.5 Å². The second kappa shape index (κ2) is 16.4. The Morgan fingerprint density at radius 3 is 1.78 bits per heavy atom. The molecule has 1 amide bonds. The van der Waals surface area contributed by atoms with Crippen LogP contribution in [0.3, 0.4) is 0 Å². The van der Waals surface area contributed by atoms with E-state index in [1.54, 1.807) is 30.6 Å². The Morgan fingerprint density at radius 1 is 0.781 bits per heavy atom. The van der Waals surface area contributed by atoms with Gasteiger partial charge in [-0.1, -0.05) is 174 Å². The number of rotatable bonds is 14. The molecular formula is C51H55N5O6Si2. The van der Waals surface area contributed by atoms with E-state index in [2.05, 4.69) is 69.2 Å². The van der Waals surface area contributed by atoms with Crippen LogP contribution in [0.2, 0.25) is 10.1 Å². The number of fused-ring (bicyclic) bond motifs is 2. The third-order valence-corrected chi connectivity index (χ3v) is 23.3. The number of aliphatic hydroxyl groups is 2. The molecule has 64 heavy (non-hydrogen) atoms. The van der Waals surface area contributed by atoms with Crippen LogP contribution in [0.4, 0.5) is 5.82 Å². The van der Waals surface area contributed by atoms with Crippen LogP contribution in [0.15, 0.2) is 164 Å². The van der Waals surface area contributed by atoms with Crippen molar-refractivity contribution in [3.05, 3.63) is 170 Å². The molecule has 2 unspecified atom stereocenters. The van der Waals surface area contributed by atoms with Gasteiger partial charge in [0.15, 0.2) is 17.0 Å². The lowest BCUT2D eigenvalue weighted by atomic mass is 9.87. The summed E-state index contributed by atoms with van der Waals surface area (Å²) in [5, 5.41) is 28.5. The lowest BCUT2D eigenvalue weighted by Crippen LogP contribution is -2.70. The van der Waals surface area contributed by atoms with Gasteiger partial charge in [0.05, 0.1) is 18.5 Å². The van der Waals surface area contributed by atoms with Crippen LogP contribution in [0, 0.1) is 5.41 Å². The van der Waals surface area contributed by atoms with Crippen molar-refractivity contribution >= 4 is 60.3 Å². The summed E-state index contributed by atoms with van der Waals surface area (Å²) in [5.74, 6) is -0.111. The minimum Gasteiger partial charge on any atom is -0.424 e. The highest BCUT2D eigenvalue weighted by Gasteiger charge is 2.85. The van der Waals surface area contributed by atoms with Crippen LogP contribution < -0.4 is 26.1 Å². The Balaban J connectivity index is 1.27. The zero-order chi connectivity index (χ0) is 45.0. The highest BCUT2D eigenvalue weighted by molar-refractivity contribution is 7.00. The molecule has 0 spiro atoms. The van der Waals surface area contributed by atoms with Crippen LogP contribution in [0.25, 0.3) is 11.2 Å². The molecule has 1 aliphatic heterocycles. The lowest BCUT2D eigenvalue weighted by molar-refractivity contribution is -0.123. The number of nitrogens with zero attached hydrogens (tertiary/aromatic N) is 4. The number of nitrogens with one attached hydrogen (secondary N) is 1. The van der Waals surface area contributed by atoms with E-state index in [0.717, 1.165) is 20.7 Å². The van der Waals surface area contributed by atoms with Crippen molar-refractivity contribution in [1.82, 2.24) is 19.5 Å². The van der Waals surface area contributed by atoms with Gasteiger partial charge in [-0.3, -0.25) is 9.36 Å². The van der Waals surface area contributed by atoms with E-state index in [9.17, 15) is 19.8 Å². The highest BCUT2D eigenvalue weighted by atomic mass is 28.4. The van der Waals surface area contributed by atoms with Crippen LogP contribution in [0.1, 0.15) is 64.0 Å². The number of anilines is 1. The quantitative estimate of drug-likeness (QED) is 0.0971. The zero-order valence-corrected chi connectivity index (χ0v) is 38.8. The molecule has 1 saturated carbocycles. The zero-order valence-electron chi connectivity index (χ0n) is 36.8. The average molecular weight is 890 g/mol. The van der Waals surface area contributed by atoms with E-state index in [1.807, 2.05) is 108 Å². The first-order valence-electron chi connectivity index (χ1n) is 21.9. The van der Waals surface area contributed by atoms with E-state index < -0.39 is 62.8 Å². The average Bonchev–Trinajstić information content (AvgIpc) is 3.58. The predicted octanol–water partition coefficient (Wildman–Crippen LogP) is 5.96. The van der Waals surface area contributed by atoms with E-state index >= 15 is 0 Å². The first kappa shape index (κ1) is 43.6. The van der Waals surface area contributed by atoms with Crippen LogP contribution >= 0.6 is 0 Å². The SMILES string of the molecule is CC(C)(CC12CC1(O[Si](c1ccccc1)(c1ccccc1)C(C)(C)C)[C@@H]([C@@H](O)CO)O[C@H]2n1cnc2c(NC(=O)c3ccccc3)ncnc21)[Si](O)(c1ccccc1)c1ccccc1. The third-order valence-electron chi connectivity index (χ3n) is 13.8. The van der Waals surface area contributed by atoms with Crippen molar-refractivity contribution in [1.29, 1.82) is 0 Å². The molecule has 3 heterocycles. The second-order valence-electron chi connectivity index (χ2n) is 19.0. The van der Waals surface area contributed by atoms with Crippen molar-refractivity contribution in [2.24, 2.45) is 5.41 Å².